The van der Waals surface area contributed by atoms with Crippen LogP contribution in [0.1, 0.15) is 18.1 Å². The van der Waals surface area contributed by atoms with E-state index in [2.05, 4.69) is 9.47 Å². The lowest BCUT2D eigenvalue weighted by atomic mass is 10.1. The SMILES string of the molecule is CCOC(=O)Cc1cc(C#N)cc(OC(F)(F)F)c1Cl. The Hall–Kier alpha value is -1.94. The molecular weight excluding hydrogens is 299 g/mol. The maximum atomic E-state index is 12.2. The Bertz CT molecular complexity index is 552. The van der Waals surface area contributed by atoms with E-state index in [-0.39, 0.29) is 29.2 Å². The molecule has 20 heavy (non-hydrogen) atoms. The molecular formula is C12H9ClF3NO3. The molecule has 108 valence electrons. The van der Waals surface area contributed by atoms with E-state index in [0.717, 1.165) is 6.07 Å². The molecule has 0 atom stereocenters. The van der Waals surface area contributed by atoms with Crippen molar-refractivity contribution in [2.45, 2.75) is 19.7 Å². The summed E-state index contributed by atoms with van der Waals surface area (Å²) in [6, 6.07) is 3.73. The fourth-order valence-electron chi connectivity index (χ4n) is 1.42. The summed E-state index contributed by atoms with van der Waals surface area (Å²) >= 11 is 5.75. The Morgan fingerprint density at radius 1 is 1.45 bits per heavy atom. The number of ether oxygens (including phenoxy) is 2. The van der Waals surface area contributed by atoms with E-state index in [1.54, 1.807) is 13.0 Å². The molecule has 0 unspecified atom stereocenters. The topological polar surface area (TPSA) is 59.3 Å². The number of carbonyl (C=O) groups excluding carboxylic acids is 1. The molecule has 0 amide bonds. The van der Waals surface area contributed by atoms with Crippen LogP contribution in [0.5, 0.6) is 5.75 Å². The number of esters is 1. The second kappa shape index (κ2) is 6.48. The minimum absolute atomic E-state index is 0.0309. The van der Waals surface area contributed by atoms with Crippen LogP contribution >= 0.6 is 11.6 Å². The molecule has 0 radical (unpaired) electrons. The van der Waals surface area contributed by atoms with Crippen molar-refractivity contribution in [1.29, 1.82) is 5.26 Å². The number of hydrogen-bond acceptors (Lipinski definition) is 4. The second-order valence-electron chi connectivity index (χ2n) is 3.59. The smallest absolute Gasteiger partial charge is 0.466 e. The first-order chi connectivity index (χ1) is 9.26. The number of carbonyl (C=O) groups is 1. The average molecular weight is 308 g/mol. The number of nitriles is 1. The van der Waals surface area contributed by atoms with Gasteiger partial charge in [0.1, 0.15) is 5.75 Å². The lowest BCUT2D eigenvalue weighted by Gasteiger charge is -2.13. The third-order valence-electron chi connectivity index (χ3n) is 2.11. The van der Waals surface area contributed by atoms with Gasteiger partial charge in [0.2, 0.25) is 0 Å². The molecule has 1 aromatic rings. The van der Waals surface area contributed by atoms with Gasteiger partial charge in [0.25, 0.3) is 0 Å². The summed E-state index contributed by atoms with van der Waals surface area (Å²) in [6.45, 7) is 1.71. The highest BCUT2D eigenvalue weighted by Gasteiger charge is 2.32. The van der Waals surface area contributed by atoms with Gasteiger partial charge >= 0.3 is 12.3 Å². The molecule has 1 rings (SSSR count). The fraction of sp³-hybridized carbons (Fsp3) is 0.333. The van der Waals surface area contributed by atoms with E-state index >= 15 is 0 Å². The minimum Gasteiger partial charge on any atom is -0.466 e. The van der Waals surface area contributed by atoms with Crippen molar-refractivity contribution in [3.8, 4) is 11.8 Å². The van der Waals surface area contributed by atoms with E-state index in [4.69, 9.17) is 16.9 Å². The normalized spacial score (nSPS) is 10.8. The summed E-state index contributed by atoms with van der Waals surface area (Å²) in [4.78, 5) is 11.3. The predicted molar refractivity (Wildman–Crippen MR) is 63.2 cm³/mol. The molecule has 0 saturated heterocycles. The highest BCUT2D eigenvalue weighted by Crippen LogP contribution is 2.34. The van der Waals surface area contributed by atoms with Gasteiger partial charge in [0.05, 0.1) is 29.7 Å². The Kier molecular flexibility index (Phi) is 5.22. The van der Waals surface area contributed by atoms with Gasteiger partial charge in [0, 0.05) is 0 Å². The second-order valence-corrected chi connectivity index (χ2v) is 3.97. The van der Waals surface area contributed by atoms with Gasteiger partial charge in [-0.1, -0.05) is 11.6 Å². The van der Waals surface area contributed by atoms with Crippen LogP contribution < -0.4 is 4.74 Å². The average Bonchev–Trinajstić information content (AvgIpc) is 2.32. The molecule has 1 aromatic carbocycles. The summed E-state index contributed by atoms with van der Waals surface area (Å²) in [7, 11) is 0. The first-order valence-electron chi connectivity index (χ1n) is 5.40. The van der Waals surface area contributed by atoms with Crippen LogP contribution in [-0.2, 0) is 16.0 Å². The number of rotatable bonds is 4. The van der Waals surface area contributed by atoms with Crippen molar-refractivity contribution < 1.29 is 27.4 Å². The van der Waals surface area contributed by atoms with Gasteiger partial charge in [-0.25, -0.2) is 0 Å². The Labute approximate surface area is 117 Å². The van der Waals surface area contributed by atoms with E-state index in [1.165, 1.54) is 6.07 Å². The molecule has 0 fully saturated rings. The molecule has 0 heterocycles. The zero-order valence-electron chi connectivity index (χ0n) is 10.3. The first-order valence-corrected chi connectivity index (χ1v) is 5.78. The highest BCUT2D eigenvalue weighted by atomic mass is 35.5. The lowest BCUT2D eigenvalue weighted by Crippen LogP contribution is -2.18. The summed E-state index contributed by atoms with van der Waals surface area (Å²) < 4.78 is 45.0. The van der Waals surface area contributed by atoms with Crippen LogP contribution in [0.3, 0.4) is 0 Å². The minimum atomic E-state index is -4.95. The molecule has 0 aliphatic carbocycles. The van der Waals surface area contributed by atoms with Crippen LogP contribution in [0, 0.1) is 11.3 Å². The quantitative estimate of drug-likeness (QED) is 0.801. The van der Waals surface area contributed by atoms with E-state index in [9.17, 15) is 18.0 Å². The van der Waals surface area contributed by atoms with Crippen molar-refractivity contribution in [3.63, 3.8) is 0 Å². The van der Waals surface area contributed by atoms with E-state index in [0.29, 0.717) is 0 Å². The Morgan fingerprint density at radius 2 is 2.10 bits per heavy atom. The predicted octanol–water partition coefficient (Wildman–Crippen LogP) is 3.22. The van der Waals surface area contributed by atoms with Crippen molar-refractivity contribution in [1.82, 2.24) is 0 Å². The molecule has 0 aliphatic rings. The lowest BCUT2D eigenvalue weighted by molar-refractivity contribution is -0.274. The van der Waals surface area contributed by atoms with Gasteiger partial charge < -0.3 is 9.47 Å². The monoisotopic (exact) mass is 307 g/mol. The van der Waals surface area contributed by atoms with Crippen LogP contribution in [-0.4, -0.2) is 18.9 Å². The first kappa shape index (κ1) is 16.1. The zero-order chi connectivity index (χ0) is 15.3. The summed E-state index contributed by atoms with van der Waals surface area (Å²) in [5.41, 5.74) is -0.0728. The highest BCUT2D eigenvalue weighted by molar-refractivity contribution is 6.33. The number of halogens is 4. The molecule has 0 aromatic heterocycles. The third-order valence-corrected chi connectivity index (χ3v) is 2.54. The van der Waals surface area contributed by atoms with Crippen LogP contribution in [0.4, 0.5) is 13.2 Å². The Balaban J connectivity index is 3.15. The van der Waals surface area contributed by atoms with Gasteiger partial charge in [-0.2, -0.15) is 5.26 Å². The number of nitrogens with zero attached hydrogens (tertiary/aromatic N) is 1. The van der Waals surface area contributed by atoms with Crippen molar-refractivity contribution in [2.75, 3.05) is 6.61 Å². The van der Waals surface area contributed by atoms with Crippen molar-refractivity contribution in [2.24, 2.45) is 0 Å². The molecule has 0 aliphatic heterocycles. The number of alkyl halides is 3. The molecule has 4 nitrogen and oxygen atoms in total. The zero-order valence-corrected chi connectivity index (χ0v) is 11.0. The van der Waals surface area contributed by atoms with Crippen LogP contribution in [0.25, 0.3) is 0 Å². The maximum absolute atomic E-state index is 12.2. The molecule has 0 spiro atoms. The van der Waals surface area contributed by atoms with Crippen LogP contribution in [0.15, 0.2) is 12.1 Å². The third kappa shape index (κ3) is 4.63. The molecule has 8 heteroatoms. The molecule has 0 saturated carbocycles. The fourth-order valence-corrected chi connectivity index (χ4v) is 1.63. The summed E-state index contributed by atoms with van der Waals surface area (Å²) in [5, 5.41) is 8.39. The van der Waals surface area contributed by atoms with Crippen molar-refractivity contribution >= 4 is 17.6 Å². The maximum Gasteiger partial charge on any atom is 0.573 e. The van der Waals surface area contributed by atoms with Gasteiger partial charge in [-0.3, -0.25) is 4.79 Å². The van der Waals surface area contributed by atoms with E-state index < -0.39 is 18.1 Å². The molecule has 0 bridgehead atoms. The van der Waals surface area contributed by atoms with Gasteiger partial charge in [0.15, 0.2) is 0 Å². The number of benzene rings is 1. The largest absolute Gasteiger partial charge is 0.573 e. The van der Waals surface area contributed by atoms with Gasteiger partial charge in [-0.05, 0) is 24.6 Å². The molecule has 0 N–H and O–H groups in total. The summed E-state index contributed by atoms with van der Waals surface area (Å²) in [5.74, 6) is -1.39. The summed E-state index contributed by atoms with van der Waals surface area (Å²) in [6.07, 6.45) is -5.30. The van der Waals surface area contributed by atoms with Crippen molar-refractivity contribution in [3.05, 3.63) is 28.3 Å². The van der Waals surface area contributed by atoms with E-state index in [1.807, 2.05) is 0 Å². The van der Waals surface area contributed by atoms with Crippen LogP contribution in [0.2, 0.25) is 5.02 Å². The standard InChI is InChI=1S/C12H9ClF3NO3/c1-2-19-10(18)5-8-3-7(6-17)4-9(11(8)13)20-12(14,15)16/h3-4H,2,5H2,1H3. The number of hydrogen-bond donors (Lipinski definition) is 0. The van der Waals surface area contributed by atoms with Gasteiger partial charge in [-0.15, -0.1) is 13.2 Å². The Morgan fingerprint density at radius 3 is 2.60 bits per heavy atom.